The molecule has 2 aromatic rings. The molecule has 2 rings (SSSR count). The van der Waals surface area contributed by atoms with Gasteiger partial charge in [0.1, 0.15) is 5.69 Å². The summed E-state index contributed by atoms with van der Waals surface area (Å²) in [5.41, 5.74) is 2.65. The third-order valence-electron chi connectivity index (χ3n) is 3.04. The van der Waals surface area contributed by atoms with Gasteiger partial charge in [-0.3, -0.25) is 4.48 Å². The van der Waals surface area contributed by atoms with Gasteiger partial charge in [0.2, 0.25) is 0 Å². The van der Waals surface area contributed by atoms with E-state index in [1.54, 1.807) is 30.5 Å². The molecular formula is C17H20IN3O. The second-order valence-electron chi connectivity index (χ2n) is 5.62. The first kappa shape index (κ1) is 18.3. The van der Waals surface area contributed by atoms with Crippen LogP contribution in [-0.4, -0.2) is 33.3 Å². The summed E-state index contributed by atoms with van der Waals surface area (Å²) < 4.78 is 0.758. The van der Waals surface area contributed by atoms with Crippen LogP contribution in [0.4, 0.5) is 5.69 Å². The predicted octanol–water partition coefficient (Wildman–Crippen LogP) is 2.64. The Morgan fingerprint density at radius 3 is 2.09 bits per heavy atom. The van der Waals surface area contributed by atoms with Crippen LogP contribution in [0.5, 0.6) is 0 Å². The molecule has 116 valence electrons. The monoisotopic (exact) mass is 409 g/mol. The highest BCUT2D eigenvalue weighted by molar-refractivity contribution is 14.0. The number of rotatable bonds is 4. The van der Waals surface area contributed by atoms with E-state index in [0.29, 0.717) is 5.56 Å². The summed E-state index contributed by atoms with van der Waals surface area (Å²) in [5.74, 6) is -0.338. The van der Waals surface area contributed by atoms with E-state index in [2.05, 4.69) is 31.3 Å². The number of hydrogen-bond acceptors (Lipinski definition) is 3. The van der Waals surface area contributed by atoms with E-state index in [-0.39, 0.29) is 29.9 Å². The zero-order valence-electron chi connectivity index (χ0n) is 12.9. The number of benzene rings is 2. The standard InChI is InChI=1S/C17H19N3O.HI/c1-20(2,3)16-11-9-14(10-12-16)13-18-19-17(21)15-7-5-4-6-8-15;/h4-13H,1-3H3;1H/b18-13-;. The predicted molar refractivity (Wildman–Crippen MR) is 102 cm³/mol. The number of quaternary nitrogens is 1. The van der Waals surface area contributed by atoms with Crippen LogP contribution < -0.4 is 9.59 Å². The van der Waals surface area contributed by atoms with Gasteiger partial charge < -0.3 is 5.11 Å². The molecule has 0 aliphatic rings. The molecular weight excluding hydrogens is 389 g/mol. The van der Waals surface area contributed by atoms with E-state index in [1.807, 2.05) is 30.3 Å². The van der Waals surface area contributed by atoms with Crippen molar-refractivity contribution in [1.29, 1.82) is 0 Å². The van der Waals surface area contributed by atoms with E-state index < -0.39 is 0 Å². The summed E-state index contributed by atoms with van der Waals surface area (Å²) in [6, 6.07) is 16.9. The lowest BCUT2D eigenvalue weighted by Crippen LogP contribution is -2.34. The fourth-order valence-corrected chi connectivity index (χ4v) is 1.79. The molecule has 5 heteroatoms. The highest BCUT2D eigenvalue weighted by atomic mass is 127. The minimum absolute atomic E-state index is 0. The fraction of sp³-hybridized carbons (Fsp3) is 0.176. The summed E-state index contributed by atoms with van der Waals surface area (Å²) in [5, 5.41) is 19.3. The van der Waals surface area contributed by atoms with Crippen LogP contribution in [0.25, 0.3) is 0 Å². The average molecular weight is 409 g/mol. The largest absolute Gasteiger partial charge is 0.857 e. The number of halogens is 1. The van der Waals surface area contributed by atoms with Crippen molar-refractivity contribution in [2.45, 2.75) is 0 Å². The fourth-order valence-electron chi connectivity index (χ4n) is 1.79. The van der Waals surface area contributed by atoms with E-state index in [9.17, 15) is 5.11 Å². The van der Waals surface area contributed by atoms with Gasteiger partial charge >= 0.3 is 0 Å². The molecule has 0 N–H and O–H groups in total. The van der Waals surface area contributed by atoms with Gasteiger partial charge in [-0.1, -0.05) is 30.3 Å². The maximum atomic E-state index is 11.7. The second kappa shape index (κ2) is 8.05. The van der Waals surface area contributed by atoms with Crippen LogP contribution in [-0.2, 0) is 0 Å². The topological polar surface area (TPSA) is 47.8 Å². The number of nitrogens with zero attached hydrogens (tertiary/aromatic N) is 3. The maximum Gasteiger partial charge on any atom is 0.132 e. The van der Waals surface area contributed by atoms with Crippen molar-refractivity contribution in [2.75, 3.05) is 21.1 Å². The van der Waals surface area contributed by atoms with Crippen molar-refractivity contribution in [1.82, 2.24) is 4.48 Å². The molecule has 0 bridgehead atoms. The lowest BCUT2D eigenvalue weighted by atomic mass is 10.2. The Morgan fingerprint density at radius 2 is 1.55 bits per heavy atom. The number of hydrogen-bond donors (Lipinski definition) is 0. The zero-order chi connectivity index (χ0) is 15.3. The van der Waals surface area contributed by atoms with Gasteiger partial charge in [0.05, 0.1) is 27.4 Å². The van der Waals surface area contributed by atoms with Crippen LogP contribution in [0, 0.1) is 0 Å². The van der Waals surface area contributed by atoms with Gasteiger partial charge in [0.15, 0.2) is 0 Å². The molecule has 0 heterocycles. The minimum Gasteiger partial charge on any atom is -0.857 e. The zero-order valence-corrected chi connectivity index (χ0v) is 15.3. The van der Waals surface area contributed by atoms with Crippen LogP contribution in [0.15, 0.2) is 64.8 Å². The van der Waals surface area contributed by atoms with Gasteiger partial charge in [0, 0.05) is 5.90 Å². The summed E-state index contributed by atoms with van der Waals surface area (Å²) in [4.78, 5) is 0. The first-order valence-electron chi connectivity index (χ1n) is 6.72. The smallest absolute Gasteiger partial charge is 0.132 e. The van der Waals surface area contributed by atoms with Gasteiger partial charge in [-0.15, -0.1) is 24.0 Å². The van der Waals surface area contributed by atoms with Crippen molar-refractivity contribution in [2.24, 2.45) is 10.2 Å². The Labute approximate surface area is 148 Å². The lowest BCUT2D eigenvalue weighted by molar-refractivity contribution is -0.213. The highest BCUT2D eigenvalue weighted by Gasteiger charge is 2.10. The SMILES string of the molecule is C[N+](C)(C)c1ccc(/C=N\N=C(/[O-])c2ccccc2)cc1.I. The molecule has 22 heavy (non-hydrogen) atoms. The summed E-state index contributed by atoms with van der Waals surface area (Å²) >= 11 is 0. The molecule has 0 radical (unpaired) electrons. The van der Waals surface area contributed by atoms with E-state index in [4.69, 9.17) is 0 Å². The Bertz CT molecular complexity index is 644. The van der Waals surface area contributed by atoms with Crippen molar-refractivity contribution >= 4 is 41.8 Å². The Hall–Kier alpha value is -1.73. The van der Waals surface area contributed by atoms with Crippen LogP contribution in [0.3, 0.4) is 0 Å². The first-order chi connectivity index (χ1) is 9.97. The average Bonchev–Trinajstić information content (AvgIpc) is 2.47. The van der Waals surface area contributed by atoms with Gasteiger partial charge in [-0.2, -0.15) is 10.2 Å². The molecule has 0 spiro atoms. The van der Waals surface area contributed by atoms with Gasteiger partial charge in [-0.05, 0) is 35.4 Å². The lowest BCUT2D eigenvalue weighted by Gasteiger charge is -2.23. The second-order valence-corrected chi connectivity index (χ2v) is 5.62. The van der Waals surface area contributed by atoms with Crippen LogP contribution in [0.1, 0.15) is 11.1 Å². The molecule has 0 aliphatic carbocycles. The van der Waals surface area contributed by atoms with E-state index in [1.165, 1.54) is 5.69 Å². The Balaban J connectivity index is 0.00000242. The summed E-state index contributed by atoms with van der Waals surface area (Å²) in [7, 11) is 6.32. The van der Waals surface area contributed by atoms with Crippen molar-refractivity contribution in [3.63, 3.8) is 0 Å². The van der Waals surface area contributed by atoms with E-state index >= 15 is 0 Å². The van der Waals surface area contributed by atoms with Crippen LogP contribution in [0.2, 0.25) is 0 Å². The quantitative estimate of drug-likeness (QED) is 0.252. The molecule has 0 aromatic heterocycles. The summed E-state index contributed by atoms with van der Waals surface area (Å²) in [6.07, 6.45) is 1.58. The van der Waals surface area contributed by atoms with Crippen molar-refractivity contribution in [3.05, 3.63) is 65.7 Å². The third kappa shape index (κ3) is 5.23. The molecule has 2 aromatic carbocycles. The molecule has 0 saturated heterocycles. The molecule has 0 aliphatic heterocycles. The van der Waals surface area contributed by atoms with E-state index in [0.717, 1.165) is 10.0 Å². The maximum absolute atomic E-state index is 11.7. The summed E-state index contributed by atoms with van der Waals surface area (Å²) in [6.45, 7) is 0. The highest BCUT2D eigenvalue weighted by Crippen LogP contribution is 2.16. The molecule has 0 unspecified atom stereocenters. The Morgan fingerprint density at radius 1 is 0.955 bits per heavy atom. The van der Waals surface area contributed by atoms with Gasteiger partial charge in [0.25, 0.3) is 0 Å². The third-order valence-corrected chi connectivity index (χ3v) is 3.04. The Kier molecular flexibility index (Phi) is 6.70. The van der Waals surface area contributed by atoms with Gasteiger partial charge in [-0.25, -0.2) is 0 Å². The first-order valence-corrected chi connectivity index (χ1v) is 6.72. The molecule has 0 amide bonds. The van der Waals surface area contributed by atoms with Crippen LogP contribution >= 0.6 is 24.0 Å². The normalized spacial score (nSPS) is 12.2. The molecule has 0 atom stereocenters. The van der Waals surface area contributed by atoms with Crippen molar-refractivity contribution in [3.8, 4) is 0 Å². The molecule has 4 nitrogen and oxygen atoms in total. The molecule has 0 saturated carbocycles. The van der Waals surface area contributed by atoms with Crippen molar-refractivity contribution < 1.29 is 5.11 Å². The molecule has 0 fully saturated rings. The minimum atomic E-state index is -0.338.